The Morgan fingerprint density at radius 3 is 1.91 bits per heavy atom. The third-order valence-corrected chi connectivity index (χ3v) is 4.73. The molecule has 7 nitrogen and oxygen atoms in total. The molecule has 0 atom stereocenters. The van der Waals surface area contributed by atoms with E-state index in [1.54, 1.807) is 65.6 Å². The summed E-state index contributed by atoms with van der Waals surface area (Å²) in [5.74, 6) is 0.0341. The molecule has 2 rings (SSSR count). The Labute approximate surface area is 188 Å². The van der Waals surface area contributed by atoms with Crippen molar-refractivity contribution in [3.05, 3.63) is 71.8 Å². The van der Waals surface area contributed by atoms with Crippen molar-refractivity contribution in [2.24, 2.45) is 5.73 Å². The molecule has 0 aliphatic rings. The number of nitrogens with one attached hydrogen (secondary N) is 1. The fraction of sp³-hybridized carbons (Fsp3) is 0.280. The second kappa shape index (κ2) is 13.7. The molecule has 0 unspecified atom stereocenters. The van der Waals surface area contributed by atoms with Crippen LogP contribution in [0.1, 0.15) is 30.4 Å². The molecule has 2 aromatic rings. The molecule has 0 spiro atoms. The van der Waals surface area contributed by atoms with Crippen LogP contribution in [0, 0.1) is 0 Å². The lowest BCUT2D eigenvalue weighted by atomic mass is 10.2. The minimum Gasteiger partial charge on any atom is -0.508 e. The smallest absolute Gasteiger partial charge is 0.246 e. The average molecular weight is 438 g/mol. The predicted octanol–water partition coefficient (Wildman–Crippen LogP) is 2.90. The van der Waals surface area contributed by atoms with Gasteiger partial charge < -0.3 is 26.2 Å². The van der Waals surface area contributed by atoms with E-state index in [4.69, 9.17) is 5.73 Å². The van der Waals surface area contributed by atoms with Crippen LogP contribution in [-0.4, -0.2) is 53.1 Å². The van der Waals surface area contributed by atoms with E-state index in [1.165, 1.54) is 12.2 Å². The first-order chi connectivity index (χ1) is 15.5. The van der Waals surface area contributed by atoms with E-state index in [-0.39, 0.29) is 23.3 Å². The van der Waals surface area contributed by atoms with E-state index in [9.17, 15) is 19.8 Å². The Bertz CT molecular complexity index is 906. The van der Waals surface area contributed by atoms with Crippen LogP contribution in [0.4, 0.5) is 0 Å². The Hall–Kier alpha value is -3.58. The second-order valence-corrected chi connectivity index (χ2v) is 7.32. The van der Waals surface area contributed by atoms with Crippen molar-refractivity contribution in [1.29, 1.82) is 0 Å². The van der Waals surface area contributed by atoms with Crippen LogP contribution in [0.3, 0.4) is 0 Å². The molecule has 0 fully saturated rings. The second-order valence-electron chi connectivity index (χ2n) is 7.32. The lowest BCUT2D eigenvalue weighted by Gasteiger charge is -2.21. The van der Waals surface area contributed by atoms with Gasteiger partial charge in [0, 0.05) is 31.8 Å². The Morgan fingerprint density at radius 1 is 0.812 bits per heavy atom. The highest BCUT2D eigenvalue weighted by Gasteiger charge is 2.10. The van der Waals surface area contributed by atoms with Crippen molar-refractivity contribution in [2.45, 2.75) is 19.3 Å². The number of benzene rings is 2. The van der Waals surface area contributed by atoms with Crippen LogP contribution < -0.4 is 11.1 Å². The molecule has 7 heteroatoms. The first-order valence-corrected chi connectivity index (χ1v) is 10.7. The van der Waals surface area contributed by atoms with E-state index in [0.29, 0.717) is 32.6 Å². The summed E-state index contributed by atoms with van der Waals surface area (Å²) < 4.78 is 0. The van der Waals surface area contributed by atoms with E-state index >= 15 is 0 Å². The van der Waals surface area contributed by atoms with E-state index in [0.717, 1.165) is 24.0 Å². The molecule has 0 aromatic heterocycles. The Kier molecular flexibility index (Phi) is 10.5. The lowest BCUT2D eigenvalue weighted by Crippen LogP contribution is -2.34. The fourth-order valence-corrected chi connectivity index (χ4v) is 2.94. The number of nitrogens with zero attached hydrogens (tertiary/aromatic N) is 1. The van der Waals surface area contributed by atoms with E-state index in [1.807, 2.05) is 0 Å². The topological polar surface area (TPSA) is 116 Å². The van der Waals surface area contributed by atoms with Crippen molar-refractivity contribution in [3.63, 3.8) is 0 Å². The normalized spacial score (nSPS) is 11.2. The zero-order valence-corrected chi connectivity index (χ0v) is 18.1. The molecule has 0 aliphatic carbocycles. The van der Waals surface area contributed by atoms with Crippen LogP contribution in [-0.2, 0) is 9.59 Å². The molecule has 0 aliphatic heterocycles. The van der Waals surface area contributed by atoms with Gasteiger partial charge in [0.2, 0.25) is 11.8 Å². The van der Waals surface area contributed by atoms with Crippen LogP contribution in [0.5, 0.6) is 11.5 Å². The van der Waals surface area contributed by atoms with Crippen LogP contribution >= 0.6 is 0 Å². The Morgan fingerprint density at radius 2 is 1.34 bits per heavy atom. The highest BCUT2D eigenvalue weighted by atomic mass is 16.3. The monoisotopic (exact) mass is 437 g/mol. The van der Waals surface area contributed by atoms with Gasteiger partial charge in [-0.2, -0.15) is 0 Å². The van der Waals surface area contributed by atoms with Crippen molar-refractivity contribution >= 4 is 24.0 Å². The molecule has 0 bridgehead atoms. The first-order valence-electron chi connectivity index (χ1n) is 10.7. The number of unbranched alkanes of at least 4 members (excludes halogenated alkanes) is 1. The lowest BCUT2D eigenvalue weighted by molar-refractivity contribution is -0.126. The molecular weight excluding hydrogens is 406 g/mol. The minimum absolute atomic E-state index is 0.103. The molecule has 2 amide bonds. The standard InChI is InChI=1S/C25H31N3O4/c26-16-1-2-18-28(25(32)15-9-21-6-12-23(30)13-7-21)19-3-17-27-24(31)14-8-20-4-10-22(29)11-5-20/h4-15,29-30H,1-3,16-19,26H2,(H,27,31). The maximum Gasteiger partial charge on any atom is 0.246 e. The number of carbonyl (C=O) groups is 2. The quantitative estimate of drug-likeness (QED) is 0.301. The van der Waals surface area contributed by atoms with E-state index in [2.05, 4.69) is 5.32 Å². The molecule has 5 N–H and O–H groups in total. The van der Waals surface area contributed by atoms with Gasteiger partial charge in [-0.15, -0.1) is 0 Å². The van der Waals surface area contributed by atoms with Crippen molar-refractivity contribution in [1.82, 2.24) is 10.2 Å². The third-order valence-electron chi connectivity index (χ3n) is 4.73. The van der Waals surface area contributed by atoms with Gasteiger partial charge in [-0.1, -0.05) is 24.3 Å². The molecule has 170 valence electrons. The summed E-state index contributed by atoms with van der Waals surface area (Å²) in [5.41, 5.74) is 7.21. The van der Waals surface area contributed by atoms with Gasteiger partial charge in [-0.05, 0) is 73.4 Å². The largest absolute Gasteiger partial charge is 0.508 e. The minimum atomic E-state index is -0.216. The van der Waals surface area contributed by atoms with Crippen molar-refractivity contribution in [3.8, 4) is 11.5 Å². The first kappa shape index (κ1) is 24.7. The number of nitrogens with two attached hydrogens (primary N) is 1. The summed E-state index contributed by atoms with van der Waals surface area (Å²) in [6, 6.07) is 13.2. The highest BCUT2D eigenvalue weighted by Crippen LogP contribution is 2.12. The molecule has 32 heavy (non-hydrogen) atoms. The molecule has 0 saturated carbocycles. The number of rotatable bonds is 12. The summed E-state index contributed by atoms with van der Waals surface area (Å²) in [4.78, 5) is 26.4. The summed E-state index contributed by atoms with van der Waals surface area (Å²) in [6.07, 6.45) is 8.63. The fourth-order valence-electron chi connectivity index (χ4n) is 2.94. The van der Waals surface area contributed by atoms with E-state index < -0.39 is 0 Å². The van der Waals surface area contributed by atoms with Gasteiger partial charge in [0.1, 0.15) is 11.5 Å². The van der Waals surface area contributed by atoms with Gasteiger partial charge in [0.05, 0.1) is 0 Å². The van der Waals surface area contributed by atoms with Crippen LogP contribution in [0.25, 0.3) is 12.2 Å². The summed E-state index contributed by atoms with van der Waals surface area (Å²) in [6.45, 7) is 2.14. The Balaban J connectivity index is 1.81. The third kappa shape index (κ3) is 9.49. The number of aromatic hydroxyl groups is 2. The number of amides is 2. The zero-order chi connectivity index (χ0) is 23.2. The summed E-state index contributed by atoms with van der Waals surface area (Å²) >= 11 is 0. The number of phenols is 2. The maximum atomic E-state index is 12.6. The number of hydrogen-bond acceptors (Lipinski definition) is 5. The van der Waals surface area contributed by atoms with Gasteiger partial charge >= 0.3 is 0 Å². The number of phenolic OH excluding ortho intramolecular Hbond substituents is 2. The van der Waals surface area contributed by atoms with Gasteiger partial charge in [0.15, 0.2) is 0 Å². The van der Waals surface area contributed by atoms with Crippen LogP contribution in [0.2, 0.25) is 0 Å². The van der Waals surface area contributed by atoms with Gasteiger partial charge in [0.25, 0.3) is 0 Å². The zero-order valence-electron chi connectivity index (χ0n) is 18.1. The van der Waals surface area contributed by atoms with Crippen molar-refractivity contribution in [2.75, 3.05) is 26.2 Å². The predicted molar refractivity (Wildman–Crippen MR) is 127 cm³/mol. The van der Waals surface area contributed by atoms with Crippen LogP contribution in [0.15, 0.2) is 60.7 Å². The molecule has 0 radical (unpaired) electrons. The molecule has 0 heterocycles. The number of hydrogen-bond donors (Lipinski definition) is 4. The van der Waals surface area contributed by atoms with Gasteiger partial charge in [-0.3, -0.25) is 9.59 Å². The molecule has 0 saturated heterocycles. The SMILES string of the molecule is NCCCCN(CCCNC(=O)C=Cc1ccc(O)cc1)C(=O)C=Cc1ccc(O)cc1. The molecule has 2 aromatic carbocycles. The number of carbonyl (C=O) groups excluding carboxylic acids is 2. The average Bonchev–Trinajstić information content (AvgIpc) is 2.79. The maximum absolute atomic E-state index is 12.6. The highest BCUT2D eigenvalue weighted by molar-refractivity contribution is 5.92. The van der Waals surface area contributed by atoms with Gasteiger partial charge in [-0.25, -0.2) is 0 Å². The molecular formula is C25H31N3O4. The van der Waals surface area contributed by atoms with Crippen molar-refractivity contribution < 1.29 is 19.8 Å². The summed E-state index contributed by atoms with van der Waals surface area (Å²) in [7, 11) is 0. The summed E-state index contributed by atoms with van der Waals surface area (Å²) in [5, 5.41) is 21.4.